The van der Waals surface area contributed by atoms with Crippen LogP contribution in [-0.2, 0) is 0 Å². The Morgan fingerprint density at radius 3 is 2.94 bits per heavy atom. The Morgan fingerprint density at radius 2 is 2.12 bits per heavy atom. The molecule has 86 valence electrons. The molecule has 0 spiro atoms. The molecule has 0 aliphatic carbocycles. The topological polar surface area (TPSA) is 24.4 Å². The van der Waals surface area contributed by atoms with E-state index in [9.17, 15) is 0 Å². The molecule has 1 aliphatic rings. The van der Waals surface area contributed by atoms with Crippen molar-refractivity contribution in [3.05, 3.63) is 28.2 Å². The van der Waals surface area contributed by atoms with Gasteiger partial charge >= 0.3 is 0 Å². The van der Waals surface area contributed by atoms with Gasteiger partial charge in [0.25, 0.3) is 0 Å². The number of anilines is 1. The Kier molecular flexibility index (Phi) is 3.99. The highest BCUT2D eigenvalue weighted by Gasteiger charge is 2.05. The van der Waals surface area contributed by atoms with Gasteiger partial charge in [0.15, 0.2) is 0 Å². The summed E-state index contributed by atoms with van der Waals surface area (Å²) in [5.74, 6) is 1.13. The van der Waals surface area contributed by atoms with Crippen LogP contribution >= 0.6 is 15.9 Å². The highest BCUT2D eigenvalue weighted by Crippen LogP contribution is 2.21. The first-order chi connectivity index (χ1) is 7.75. The van der Waals surface area contributed by atoms with Gasteiger partial charge < -0.3 is 5.32 Å². The van der Waals surface area contributed by atoms with Crippen molar-refractivity contribution in [3.8, 4) is 0 Å². The number of halogens is 1. The molecular formula is C13H17BrN2. The van der Waals surface area contributed by atoms with E-state index in [-0.39, 0.29) is 0 Å². The standard InChI is InChI=1S/C13H17BrN2/c1-10-6-7-11(9-12(10)14)16-13-5-3-2-4-8-15-13/h6-7,9H,2-5,8H2,1H3,(H,15,16). The van der Waals surface area contributed by atoms with E-state index in [1.807, 2.05) is 0 Å². The summed E-state index contributed by atoms with van der Waals surface area (Å²) >= 11 is 3.55. The fourth-order valence-corrected chi connectivity index (χ4v) is 2.19. The zero-order valence-electron chi connectivity index (χ0n) is 9.59. The fraction of sp³-hybridized carbons (Fsp3) is 0.462. The van der Waals surface area contributed by atoms with Crippen LogP contribution in [0.3, 0.4) is 0 Å². The second-order valence-electron chi connectivity index (χ2n) is 4.23. The predicted octanol–water partition coefficient (Wildman–Crippen LogP) is 4.14. The molecule has 1 aromatic rings. The lowest BCUT2D eigenvalue weighted by Crippen LogP contribution is -2.11. The molecule has 0 bridgehead atoms. The van der Waals surface area contributed by atoms with Gasteiger partial charge in [-0.2, -0.15) is 0 Å². The van der Waals surface area contributed by atoms with Crippen LogP contribution in [0.4, 0.5) is 5.69 Å². The molecular weight excluding hydrogens is 264 g/mol. The number of nitrogens with zero attached hydrogens (tertiary/aromatic N) is 1. The average Bonchev–Trinajstić information content (AvgIpc) is 2.52. The van der Waals surface area contributed by atoms with Crippen molar-refractivity contribution in [1.29, 1.82) is 0 Å². The van der Waals surface area contributed by atoms with Crippen LogP contribution in [0.15, 0.2) is 27.7 Å². The summed E-state index contributed by atoms with van der Waals surface area (Å²) in [4.78, 5) is 4.56. The Labute approximate surface area is 105 Å². The predicted molar refractivity (Wildman–Crippen MR) is 73.3 cm³/mol. The van der Waals surface area contributed by atoms with Crippen molar-refractivity contribution in [1.82, 2.24) is 0 Å². The molecule has 2 rings (SSSR count). The number of nitrogens with one attached hydrogen (secondary N) is 1. The molecule has 3 heteroatoms. The molecule has 0 saturated carbocycles. The van der Waals surface area contributed by atoms with Gasteiger partial charge in [-0.3, -0.25) is 4.99 Å². The highest BCUT2D eigenvalue weighted by atomic mass is 79.9. The van der Waals surface area contributed by atoms with Crippen molar-refractivity contribution in [3.63, 3.8) is 0 Å². The normalized spacial score (nSPS) is 16.5. The molecule has 1 N–H and O–H groups in total. The van der Waals surface area contributed by atoms with E-state index in [4.69, 9.17) is 0 Å². The van der Waals surface area contributed by atoms with Gasteiger partial charge in [-0.25, -0.2) is 0 Å². The summed E-state index contributed by atoms with van der Waals surface area (Å²) in [5.41, 5.74) is 2.38. The van der Waals surface area contributed by atoms with Crippen molar-refractivity contribution < 1.29 is 0 Å². The maximum atomic E-state index is 4.56. The molecule has 1 aromatic carbocycles. The van der Waals surface area contributed by atoms with Gasteiger partial charge in [-0.1, -0.05) is 28.4 Å². The van der Waals surface area contributed by atoms with Gasteiger partial charge in [0.1, 0.15) is 5.84 Å². The fourth-order valence-electron chi connectivity index (χ4n) is 1.81. The second kappa shape index (κ2) is 5.48. The molecule has 0 unspecified atom stereocenters. The van der Waals surface area contributed by atoms with Crippen molar-refractivity contribution >= 4 is 27.5 Å². The minimum absolute atomic E-state index is 0.968. The maximum Gasteiger partial charge on any atom is 0.101 e. The molecule has 0 saturated heterocycles. The van der Waals surface area contributed by atoms with Crippen molar-refractivity contribution in [2.24, 2.45) is 4.99 Å². The summed E-state index contributed by atoms with van der Waals surface area (Å²) < 4.78 is 1.15. The number of rotatable bonds is 1. The molecule has 1 aliphatic heterocycles. The lowest BCUT2D eigenvalue weighted by molar-refractivity contribution is 0.731. The number of benzene rings is 1. The van der Waals surface area contributed by atoms with Crippen LogP contribution in [-0.4, -0.2) is 12.4 Å². The molecule has 0 amide bonds. The lowest BCUT2D eigenvalue weighted by Gasteiger charge is -2.09. The van der Waals surface area contributed by atoms with Gasteiger partial charge in [0.2, 0.25) is 0 Å². The number of amidine groups is 1. The molecule has 16 heavy (non-hydrogen) atoms. The average molecular weight is 281 g/mol. The minimum Gasteiger partial charge on any atom is -0.344 e. The maximum absolute atomic E-state index is 4.56. The third kappa shape index (κ3) is 3.08. The van der Waals surface area contributed by atoms with Gasteiger partial charge in [0.05, 0.1) is 0 Å². The monoisotopic (exact) mass is 280 g/mol. The number of aryl methyl sites for hydroxylation is 1. The smallest absolute Gasteiger partial charge is 0.101 e. The SMILES string of the molecule is Cc1ccc(NC2=NCCCCC2)cc1Br. The number of hydrogen-bond donors (Lipinski definition) is 1. The Hall–Kier alpha value is -0.830. The summed E-state index contributed by atoms with van der Waals surface area (Å²) in [5, 5.41) is 3.41. The largest absolute Gasteiger partial charge is 0.344 e. The first-order valence-electron chi connectivity index (χ1n) is 5.82. The first-order valence-corrected chi connectivity index (χ1v) is 6.61. The van der Waals surface area contributed by atoms with E-state index in [1.165, 1.54) is 24.8 Å². The van der Waals surface area contributed by atoms with E-state index in [0.29, 0.717) is 0 Å². The molecule has 0 radical (unpaired) electrons. The summed E-state index contributed by atoms with van der Waals surface area (Å²) in [6, 6.07) is 6.33. The molecule has 0 fully saturated rings. The van der Waals surface area contributed by atoms with E-state index in [1.54, 1.807) is 0 Å². The molecule has 2 nitrogen and oxygen atoms in total. The summed E-state index contributed by atoms with van der Waals surface area (Å²) in [6.07, 6.45) is 4.85. The molecule has 0 atom stereocenters. The summed E-state index contributed by atoms with van der Waals surface area (Å²) in [6.45, 7) is 3.06. The Bertz CT molecular complexity index is 399. The Morgan fingerprint density at radius 1 is 1.25 bits per heavy atom. The van der Waals surface area contributed by atoms with E-state index in [2.05, 4.69) is 51.4 Å². The number of hydrogen-bond acceptors (Lipinski definition) is 2. The molecule has 0 aromatic heterocycles. The zero-order chi connectivity index (χ0) is 11.4. The van der Waals surface area contributed by atoms with Crippen LogP contribution < -0.4 is 5.32 Å². The van der Waals surface area contributed by atoms with E-state index < -0.39 is 0 Å². The zero-order valence-corrected chi connectivity index (χ0v) is 11.2. The third-order valence-electron chi connectivity index (χ3n) is 2.83. The van der Waals surface area contributed by atoms with Crippen LogP contribution in [0.25, 0.3) is 0 Å². The van der Waals surface area contributed by atoms with E-state index >= 15 is 0 Å². The lowest BCUT2D eigenvalue weighted by atomic mass is 10.2. The van der Waals surface area contributed by atoms with Crippen molar-refractivity contribution in [2.45, 2.75) is 32.6 Å². The third-order valence-corrected chi connectivity index (χ3v) is 3.69. The summed E-state index contributed by atoms with van der Waals surface area (Å²) in [7, 11) is 0. The first kappa shape index (κ1) is 11.6. The number of aliphatic imine (C=N–C) groups is 1. The van der Waals surface area contributed by atoms with Gasteiger partial charge in [-0.15, -0.1) is 0 Å². The molecule has 1 heterocycles. The van der Waals surface area contributed by atoms with Gasteiger partial charge in [-0.05, 0) is 37.5 Å². The highest BCUT2D eigenvalue weighted by molar-refractivity contribution is 9.10. The van der Waals surface area contributed by atoms with E-state index in [0.717, 1.165) is 29.0 Å². The minimum atomic E-state index is 0.968. The van der Waals surface area contributed by atoms with Crippen LogP contribution in [0.5, 0.6) is 0 Å². The van der Waals surface area contributed by atoms with Crippen LogP contribution in [0, 0.1) is 6.92 Å². The van der Waals surface area contributed by atoms with Crippen molar-refractivity contribution in [2.75, 3.05) is 11.9 Å². The van der Waals surface area contributed by atoms with Gasteiger partial charge in [0, 0.05) is 23.1 Å². The second-order valence-corrected chi connectivity index (χ2v) is 5.08. The quantitative estimate of drug-likeness (QED) is 0.822. The Balaban J connectivity index is 2.07. The van der Waals surface area contributed by atoms with Crippen LogP contribution in [0.1, 0.15) is 31.2 Å². The van der Waals surface area contributed by atoms with Crippen LogP contribution in [0.2, 0.25) is 0 Å².